The van der Waals surface area contributed by atoms with E-state index < -0.39 is 0 Å². The van der Waals surface area contributed by atoms with Gasteiger partial charge in [-0.3, -0.25) is 9.69 Å². The summed E-state index contributed by atoms with van der Waals surface area (Å²) in [5.74, 6) is -0.0343. The first-order valence-corrected chi connectivity index (χ1v) is 8.91. The Kier molecular flexibility index (Phi) is 4.21. The third kappa shape index (κ3) is 2.89. The third-order valence-electron chi connectivity index (χ3n) is 3.42. The van der Waals surface area contributed by atoms with Gasteiger partial charge in [-0.2, -0.15) is 0 Å². The van der Waals surface area contributed by atoms with Crippen LogP contribution >= 0.6 is 35.3 Å². The summed E-state index contributed by atoms with van der Waals surface area (Å²) in [5.41, 5.74) is 3.11. The number of thiocarbonyl (C=S) groups is 1. The van der Waals surface area contributed by atoms with Gasteiger partial charge in [0.15, 0.2) is 4.32 Å². The SMILES string of the molecule is Cc1ccc(N2C(=O)/C(=C/c3ccc(C)s3)SC2=S)c(C)c1. The predicted molar refractivity (Wildman–Crippen MR) is 101 cm³/mol. The Morgan fingerprint density at radius 3 is 2.55 bits per heavy atom. The van der Waals surface area contributed by atoms with Crippen LogP contribution in [0, 0.1) is 20.8 Å². The number of rotatable bonds is 2. The lowest BCUT2D eigenvalue weighted by Gasteiger charge is -2.17. The van der Waals surface area contributed by atoms with Crippen LogP contribution < -0.4 is 4.90 Å². The highest BCUT2D eigenvalue weighted by atomic mass is 32.2. The molecular weight excluding hydrogens is 330 g/mol. The Balaban J connectivity index is 1.96. The molecule has 2 aromatic rings. The summed E-state index contributed by atoms with van der Waals surface area (Å²) in [6.45, 7) is 6.11. The molecule has 1 aromatic heterocycles. The number of anilines is 1. The molecule has 1 aliphatic rings. The first-order chi connectivity index (χ1) is 10.5. The maximum Gasteiger partial charge on any atom is 0.270 e. The van der Waals surface area contributed by atoms with Crippen molar-refractivity contribution in [3.63, 3.8) is 0 Å². The van der Waals surface area contributed by atoms with Crippen molar-refractivity contribution in [3.8, 4) is 0 Å². The van der Waals surface area contributed by atoms with E-state index in [-0.39, 0.29) is 5.91 Å². The highest BCUT2D eigenvalue weighted by Crippen LogP contribution is 2.38. The molecule has 2 nitrogen and oxygen atoms in total. The molecule has 0 atom stereocenters. The molecule has 0 aliphatic carbocycles. The summed E-state index contributed by atoms with van der Waals surface area (Å²) < 4.78 is 0.594. The van der Waals surface area contributed by atoms with Gasteiger partial charge >= 0.3 is 0 Å². The Hall–Kier alpha value is -1.43. The zero-order valence-electron chi connectivity index (χ0n) is 12.5. The van der Waals surface area contributed by atoms with E-state index in [1.54, 1.807) is 16.2 Å². The number of thiophene rings is 1. The molecule has 0 bridgehead atoms. The van der Waals surface area contributed by atoms with E-state index in [9.17, 15) is 4.79 Å². The zero-order chi connectivity index (χ0) is 15.9. The number of carbonyl (C=O) groups excluding carboxylic acids is 1. The maximum atomic E-state index is 12.7. The van der Waals surface area contributed by atoms with Crippen LogP contribution in [-0.4, -0.2) is 10.2 Å². The summed E-state index contributed by atoms with van der Waals surface area (Å²) in [4.78, 5) is 17.4. The first-order valence-electron chi connectivity index (χ1n) is 6.87. The number of thioether (sulfide) groups is 1. The molecule has 0 radical (unpaired) electrons. The summed E-state index contributed by atoms with van der Waals surface area (Å²) in [6.07, 6.45) is 1.93. The average molecular weight is 346 g/mol. The lowest BCUT2D eigenvalue weighted by atomic mass is 10.1. The van der Waals surface area contributed by atoms with Gasteiger partial charge in [-0.05, 0) is 50.6 Å². The van der Waals surface area contributed by atoms with Crippen LogP contribution in [0.2, 0.25) is 0 Å². The molecule has 1 saturated heterocycles. The van der Waals surface area contributed by atoms with Crippen LogP contribution in [0.3, 0.4) is 0 Å². The Labute approximate surface area is 143 Å². The summed E-state index contributed by atoms with van der Waals surface area (Å²) in [6, 6.07) is 10.1. The fraction of sp³-hybridized carbons (Fsp3) is 0.176. The van der Waals surface area contributed by atoms with Crippen LogP contribution in [0.25, 0.3) is 6.08 Å². The number of hydrogen-bond donors (Lipinski definition) is 0. The average Bonchev–Trinajstić information content (AvgIpc) is 2.96. The van der Waals surface area contributed by atoms with Crippen molar-refractivity contribution in [2.75, 3.05) is 4.90 Å². The lowest BCUT2D eigenvalue weighted by Crippen LogP contribution is -2.28. The van der Waals surface area contributed by atoms with Crippen molar-refractivity contribution in [2.45, 2.75) is 20.8 Å². The number of hydrogen-bond acceptors (Lipinski definition) is 4. The molecule has 22 heavy (non-hydrogen) atoms. The minimum atomic E-state index is -0.0343. The molecular formula is C17H15NOS3. The van der Waals surface area contributed by atoms with Gasteiger partial charge in [-0.1, -0.05) is 41.7 Å². The second kappa shape index (κ2) is 5.99. The Bertz CT molecular complexity index is 804. The third-order valence-corrected chi connectivity index (χ3v) is 5.67. The number of carbonyl (C=O) groups is 1. The van der Waals surface area contributed by atoms with E-state index >= 15 is 0 Å². The number of nitrogens with zero attached hydrogens (tertiary/aromatic N) is 1. The summed E-state index contributed by atoms with van der Waals surface area (Å²) >= 11 is 8.47. The molecule has 112 valence electrons. The molecule has 5 heteroatoms. The van der Waals surface area contributed by atoms with E-state index in [0.717, 1.165) is 16.1 Å². The van der Waals surface area contributed by atoms with E-state index in [4.69, 9.17) is 12.2 Å². The predicted octanol–water partition coefficient (Wildman–Crippen LogP) is 5.08. The van der Waals surface area contributed by atoms with Crippen LogP contribution in [0.1, 0.15) is 20.9 Å². The van der Waals surface area contributed by atoms with Gasteiger partial charge in [0.2, 0.25) is 0 Å². The molecule has 3 rings (SSSR count). The van der Waals surface area contributed by atoms with Crippen molar-refractivity contribution < 1.29 is 4.79 Å². The van der Waals surface area contributed by atoms with Crippen LogP contribution in [-0.2, 0) is 4.79 Å². The van der Waals surface area contributed by atoms with Gasteiger partial charge in [0.05, 0.1) is 10.6 Å². The Morgan fingerprint density at radius 1 is 1.14 bits per heavy atom. The van der Waals surface area contributed by atoms with Gasteiger partial charge in [0.1, 0.15) is 0 Å². The highest BCUT2D eigenvalue weighted by molar-refractivity contribution is 8.27. The second-order valence-corrected chi connectivity index (χ2v) is 8.25. The van der Waals surface area contributed by atoms with Crippen molar-refractivity contribution in [2.24, 2.45) is 0 Å². The molecule has 1 amide bonds. The second-order valence-electron chi connectivity index (χ2n) is 5.26. The smallest absolute Gasteiger partial charge is 0.268 e. The number of aryl methyl sites for hydroxylation is 3. The minimum Gasteiger partial charge on any atom is -0.268 e. The number of amides is 1. The van der Waals surface area contributed by atoms with Crippen LogP contribution in [0.5, 0.6) is 0 Å². The van der Waals surface area contributed by atoms with Gasteiger partial charge < -0.3 is 0 Å². The molecule has 0 spiro atoms. The molecule has 0 N–H and O–H groups in total. The molecule has 0 saturated carbocycles. The van der Waals surface area contributed by atoms with Crippen molar-refractivity contribution >= 4 is 57.3 Å². The largest absolute Gasteiger partial charge is 0.270 e. The highest BCUT2D eigenvalue weighted by Gasteiger charge is 2.34. The molecule has 1 fully saturated rings. The number of benzene rings is 1. The fourth-order valence-corrected chi connectivity index (χ4v) is 4.56. The van der Waals surface area contributed by atoms with Gasteiger partial charge in [-0.15, -0.1) is 11.3 Å². The monoisotopic (exact) mass is 345 g/mol. The van der Waals surface area contributed by atoms with Crippen LogP contribution in [0.4, 0.5) is 5.69 Å². The summed E-state index contributed by atoms with van der Waals surface area (Å²) in [5, 5.41) is 0. The van der Waals surface area contributed by atoms with Crippen molar-refractivity contribution in [1.82, 2.24) is 0 Å². The van der Waals surface area contributed by atoms with E-state index in [0.29, 0.717) is 9.23 Å². The maximum absolute atomic E-state index is 12.7. The lowest BCUT2D eigenvalue weighted by molar-refractivity contribution is -0.113. The standard InChI is InChI=1S/C17H15NOS3/c1-10-4-7-14(11(2)8-10)18-16(19)15(22-17(18)20)9-13-6-5-12(3)21-13/h4-9H,1-3H3/b15-9-. The van der Waals surface area contributed by atoms with Gasteiger partial charge in [-0.25, -0.2) is 0 Å². The molecule has 2 heterocycles. The van der Waals surface area contributed by atoms with E-state index in [1.165, 1.54) is 22.2 Å². The zero-order valence-corrected chi connectivity index (χ0v) is 15.0. The van der Waals surface area contributed by atoms with Gasteiger partial charge in [0.25, 0.3) is 5.91 Å². The summed E-state index contributed by atoms with van der Waals surface area (Å²) in [7, 11) is 0. The topological polar surface area (TPSA) is 20.3 Å². The molecule has 1 aliphatic heterocycles. The minimum absolute atomic E-state index is 0.0343. The van der Waals surface area contributed by atoms with Gasteiger partial charge in [0, 0.05) is 9.75 Å². The van der Waals surface area contributed by atoms with E-state index in [1.807, 2.05) is 38.1 Å². The molecule has 1 aromatic carbocycles. The fourth-order valence-electron chi connectivity index (χ4n) is 2.39. The molecule has 0 unspecified atom stereocenters. The first kappa shape index (κ1) is 15.5. The van der Waals surface area contributed by atoms with Crippen molar-refractivity contribution in [3.05, 3.63) is 56.1 Å². The quantitative estimate of drug-likeness (QED) is 0.559. The van der Waals surface area contributed by atoms with E-state index in [2.05, 4.69) is 19.1 Å². The Morgan fingerprint density at radius 2 is 1.91 bits per heavy atom. The normalized spacial score (nSPS) is 16.9. The van der Waals surface area contributed by atoms with Crippen LogP contribution in [0.15, 0.2) is 35.2 Å². The van der Waals surface area contributed by atoms with Crippen molar-refractivity contribution in [1.29, 1.82) is 0 Å².